The highest BCUT2D eigenvalue weighted by Gasteiger charge is 2.35. The number of nitrogens with zero attached hydrogens (tertiary/aromatic N) is 2. The third kappa shape index (κ3) is 3.53. The Labute approximate surface area is 129 Å². The predicted molar refractivity (Wildman–Crippen MR) is 83.3 cm³/mol. The Kier molecular flexibility index (Phi) is 4.84. The van der Waals surface area contributed by atoms with Crippen molar-refractivity contribution >= 4 is 23.2 Å². The van der Waals surface area contributed by atoms with Crippen LogP contribution in [0.15, 0.2) is 18.2 Å². The number of anilines is 1. The SMILES string of the molecule is CC(C)(C(=O)Nc1ccc(C#N)c(Cl)c1)N1CCNCC1. The summed E-state index contributed by atoms with van der Waals surface area (Å²) in [5.41, 5.74) is 0.408. The van der Waals surface area contributed by atoms with Crippen LogP contribution in [0.5, 0.6) is 0 Å². The molecule has 0 aliphatic carbocycles. The second-order valence-corrected chi connectivity index (χ2v) is 5.96. The van der Waals surface area contributed by atoms with Crippen molar-refractivity contribution in [3.8, 4) is 6.07 Å². The summed E-state index contributed by atoms with van der Waals surface area (Å²) in [4.78, 5) is 14.7. The number of hydrogen-bond acceptors (Lipinski definition) is 4. The van der Waals surface area contributed by atoms with E-state index >= 15 is 0 Å². The Balaban J connectivity index is 2.09. The molecule has 1 amide bonds. The lowest BCUT2D eigenvalue weighted by atomic mass is 10.00. The van der Waals surface area contributed by atoms with Crippen molar-refractivity contribution in [1.82, 2.24) is 10.2 Å². The van der Waals surface area contributed by atoms with Crippen LogP contribution < -0.4 is 10.6 Å². The van der Waals surface area contributed by atoms with Gasteiger partial charge in [-0.3, -0.25) is 9.69 Å². The number of nitrogens with one attached hydrogen (secondary N) is 2. The molecule has 1 aromatic rings. The number of rotatable bonds is 3. The summed E-state index contributed by atoms with van der Waals surface area (Å²) in [5, 5.41) is 15.4. The van der Waals surface area contributed by atoms with Gasteiger partial charge in [0.1, 0.15) is 6.07 Å². The van der Waals surface area contributed by atoms with Crippen molar-refractivity contribution in [2.24, 2.45) is 0 Å². The zero-order chi connectivity index (χ0) is 15.5. The standard InChI is InChI=1S/C15H19ClN4O/c1-15(2,20-7-5-18-6-8-20)14(21)19-12-4-3-11(10-17)13(16)9-12/h3-4,9,18H,5-8H2,1-2H3,(H,19,21). The predicted octanol–water partition coefficient (Wildman–Crippen LogP) is 1.83. The van der Waals surface area contributed by atoms with E-state index in [4.69, 9.17) is 16.9 Å². The van der Waals surface area contributed by atoms with Gasteiger partial charge in [-0.1, -0.05) is 11.6 Å². The number of halogens is 1. The van der Waals surface area contributed by atoms with E-state index in [-0.39, 0.29) is 5.91 Å². The average Bonchev–Trinajstić information content (AvgIpc) is 2.48. The van der Waals surface area contributed by atoms with Gasteiger partial charge >= 0.3 is 0 Å². The first-order valence-electron chi connectivity index (χ1n) is 6.92. The largest absolute Gasteiger partial charge is 0.324 e. The molecule has 21 heavy (non-hydrogen) atoms. The van der Waals surface area contributed by atoms with Crippen molar-refractivity contribution in [3.05, 3.63) is 28.8 Å². The molecule has 1 fully saturated rings. The number of carbonyl (C=O) groups excluding carboxylic acids is 1. The lowest BCUT2D eigenvalue weighted by molar-refractivity contribution is -0.126. The summed E-state index contributed by atoms with van der Waals surface area (Å²) >= 11 is 5.98. The number of nitriles is 1. The molecule has 112 valence electrons. The van der Waals surface area contributed by atoms with E-state index in [1.807, 2.05) is 19.9 Å². The fourth-order valence-corrected chi connectivity index (χ4v) is 2.56. The topological polar surface area (TPSA) is 68.2 Å². The van der Waals surface area contributed by atoms with Crippen LogP contribution in [0.1, 0.15) is 19.4 Å². The van der Waals surface area contributed by atoms with E-state index in [1.165, 1.54) is 0 Å². The van der Waals surface area contributed by atoms with E-state index in [9.17, 15) is 4.79 Å². The molecule has 0 saturated carbocycles. The molecule has 0 bridgehead atoms. The van der Waals surface area contributed by atoms with Crippen LogP contribution in [-0.2, 0) is 4.79 Å². The Hall–Kier alpha value is -1.61. The zero-order valence-electron chi connectivity index (χ0n) is 12.2. The zero-order valence-corrected chi connectivity index (χ0v) is 13.0. The van der Waals surface area contributed by atoms with E-state index in [1.54, 1.807) is 18.2 Å². The van der Waals surface area contributed by atoms with Gasteiger partial charge in [-0.25, -0.2) is 0 Å². The minimum atomic E-state index is -0.595. The number of carbonyl (C=O) groups is 1. The number of benzene rings is 1. The summed E-state index contributed by atoms with van der Waals surface area (Å²) < 4.78 is 0. The van der Waals surface area contributed by atoms with Gasteiger partial charge in [0.2, 0.25) is 5.91 Å². The second-order valence-electron chi connectivity index (χ2n) is 5.56. The maximum absolute atomic E-state index is 12.5. The molecule has 0 aromatic heterocycles. The number of piperazine rings is 1. The van der Waals surface area contributed by atoms with Gasteiger partial charge in [-0.2, -0.15) is 5.26 Å². The molecule has 5 nitrogen and oxygen atoms in total. The van der Waals surface area contributed by atoms with E-state index in [0.717, 1.165) is 26.2 Å². The van der Waals surface area contributed by atoms with Crippen molar-refractivity contribution in [2.45, 2.75) is 19.4 Å². The Bertz CT molecular complexity index is 574. The summed E-state index contributed by atoms with van der Waals surface area (Å²) in [7, 11) is 0. The van der Waals surface area contributed by atoms with Crippen LogP contribution in [0.2, 0.25) is 5.02 Å². The quantitative estimate of drug-likeness (QED) is 0.894. The fraction of sp³-hybridized carbons (Fsp3) is 0.467. The normalized spacial score (nSPS) is 16.3. The highest BCUT2D eigenvalue weighted by Crippen LogP contribution is 2.22. The number of hydrogen-bond donors (Lipinski definition) is 2. The first-order valence-corrected chi connectivity index (χ1v) is 7.30. The van der Waals surface area contributed by atoms with Gasteiger partial charge in [0.15, 0.2) is 0 Å². The molecule has 0 atom stereocenters. The van der Waals surface area contributed by atoms with Gasteiger partial charge in [-0.05, 0) is 32.0 Å². The molecule has 1 heterocycles. The Morgan fingerprint density at radius 3 is 2.67 bits per heavy atom. The van der Waals surface area contributed by atoms with E-state index in [2.05, 4.69) is 15.5 Å². The lowest BCUT2D eigenvalue weighted by Gasteiger charge is -2.39. The summed E-state index contributed by atoms with van der Waals surface area (Å²) in [6.45, 7) is 7.29. The highest BCUT2D eigenvalue weighted by atomic mass is 35.5. The van der Waals surface area contributed by atoms with Gasteiger partial charge in [0.05, 0.1) is 16.1 Å². The monoisotopic (exact) mass is 306 g/mol. The Morgan fingerprint density at radius 1 is 1.43 bits per heavy atom. The van der Waals surface area contributed by atoms with Gasteiger partial charge in [0, 0.05) is 31.9 Å². The minimum Gasteiger partial charge on any atom is -0.324 e. The van der Waals surface area contributed by atoms with Crippen LogP contribution in [-0.4, -0.2) is 42.5 Å². The van der Waals surface area contributed by atoms with Crippen LogP contribution >= 0.6 is 11.6 Å². The fourth-order valence-electron chi connectivity index (χ4n) is 2.34. The van der Waals surface area contributed by atoms with Crippen molar-refractivity contribution in [3.63, 3.8) is 0 Å². The molecule has 2 N–H and O–H groups in total. The van der Waals surface area contributed by atoms with Gasteiger partial charge < -0.3 is 10.6 Å². The molecule has 1 aliphatic rings. The molecule has 1 aliphatic heterocycles. The molecule has 0 radical (unpaired) electrons. The summed E-state index contributed by atoms with van der Waals surface area (Å²) in [6.07, 6.45) is 0. The second kappa shape index (κ2) is 6.44. The maximum atomic E-state index is 12.5. The van der Waals surface area contributed by atoms with Gasteiger partial charge in [0.25, 0.3) is 0 Å². The molecular formula is C15H19ClN4O. The molecular weight excluding hydrogens is 288 g/mol. The Morgan fingerprint density at radius 2 is 2.10 bits per heavy atom. The average molecular weight is 307 g/mol. The van der Waals surface area contributed by atoms with Crippen LogP contribution in [0.3, 0.4) is 0 Å². The molecule has 2 rings (SSSR count). The van der Waals surface area contributed by atoms with Gasteiger partial charge in [-0.15, -0.1) is 0 Å². The third-order valence-corrected chi connectivity index (χ3v) is 4.12. The van der Waals surface area contributed by atoms with Crippen molar-refractivity contribution in [1.29, 1.82) is 5.26 Å². The summed E-state index contributed by atoms with van der Waals surface area (Å²) in [6, 6.07) is 6.90. The maximum Gasteiger partial charge on any atom is 0.244 e. The lowest BCUT2D eigenvalue weighted by Crippen LogP contribution is -2.58. The van der Waals surface area contributed by atoms with E-state index < -0.39 is 5.54 Å². The molecule has 6 heteroatoms. The summed E-state index contributed by atoms with van der Waals surface area (Å²) in [5.74, 6) is -0.0785. The van der Waals surface area contributed by atoms with Crippen LogP contribution in [0, 0.1) is 11.3 Å². The number of amides is 1. The minimum absolute atomic E-state index is 0.0785. The van der Waals surface area contributed by atoms with Crippen molar-refractivity contribution < 1.29 is 4.79 Å². The first kappa shape index (κ1) is 15.8. The third-order valence-electron chi connectivity index (χ3n) is 3.81. The first-order chi connectivity index (χ1) is 9.95. The molecule has 1 saturated heterocycles. The molecule has 0 spiro atoms. The van der Waals surface area contributed by atoms with E-state index in [0.29, 0.717) is 16.3 Å². The smallest absolute Gasteiger partial charge is 0.244 e. The molecule has 0 unspecified atom stereocenters. The molecule has 1 aromatic carbocycles. The van der Waals surface area contributed by atoms with Crippen LogP contribution in [0.25, 0.3) is 0 Å². The van der Waals surface area contributed by atoms with Crippen molar-refractivity contribution in [2.75, 3.05) is 31.5 Å². The van der Waals surface area contributed by atoms with Crippen LogP contribution in [0.4, 0.5) is 5.69 Å². The highest BCUT2D eigenvalue weighted by molar-refractivity contribution is 6.32.